The normalized spacial score (nSPS) is 14.0. The number of hydrogen-bond donors (Lipinski definition) is 2. The van der Waals surface area contributed by atoms with Gasteiger partial charge in [-0.1, -0.05) is 65.7 Å². The van der Waals surface area contributed by atoms with Crippen molar-refractivity contribution in [2.45, 2.75) is 20.8 Å². The Morgan fingerprint density at radius 3 is 1.96 bits per heavy atom. The number of rotatable bonds is 2. The van der Waals surface area contributed by atoms with E-state index < -0.39 is 0 Å². The Hall–Kier alpha value is -3.07. The van der Waals surface area contributed by atoms with Gasteiger partial charge in [-0.25, -0.2) is 0 Å². The van der Waals surface area contributed by atoms with Crippen molar-refractivity contribution in [1.82, 2.24) is 10.3 Å². The number of amides is 1. The smallest absolute Gasteiger partial charge is 0.258 e. The summed E-state index contributed by atoms with van der Waals surface area (Å²) in [4.78, 5) is 16.2. The van der Waals surface area contributed by atoms with Crippen molar-refractivity contribution < 1.29 is 4.79 Å². The first kappa shape index (κ1) is 15.5. The van der Waals surface area contributed by atoms with Gasteiger partial charge in [-0.05, 0) is 31.9 Å². The summed E-state index contributed by atoms with van der Waals surface area (Å²) in [5.74, 6) is -0.0505. The van der Waals surface area contributed by atoms with E-state index in [2.05, 4.69) is 72.7 Å². The van der Waals surface area contributed by atoms with E-state index in [9.17, 15) is 4.79 Å². The number of hydrogen-bond acceptors (Lipinski definition) is 1. The van der Waals surface area contributed by atoms with Crippen LogP contribution in [0.2, 0.25) is 0 Å². The van der Waals surface area contributed by atoms with Crippen LogP contribution in [0.4, 0.5) is 0 Å². The molecule has 1 amide bonds. The summed E-state index contributed by atoms with van der Waals surface area (Å²) in [6.07, 6.45) is 2.02. The number of carbonyl (C=O) groups is 1. The molecular formula is C22H20N2O. The Morgan fingerprint density at radius 2 is 1.40 bits per heavy atom. The molecule has 0 saturated heterocycles. The molecule has 1 aliphatic rings. The molecule has 0 fully saturated rings. The lowest BCUT2D eigenvalue weighted by molar-refractivity contribution is 0.0979. The molecule has 0 atom stereocenters. The second-order valence-electron chi connectivity index (χ2n) is 6.51. The van der Waals surface area contributed by atoms with Gasteiger partial charge in [0.2, 0.25) is 0 Å². The molecule has 3 nitrogen and oxygen atoms in total. The lowest BCUT2D eigenvalue weighted by Gasteiger charge is -2.05. The van der Waals surface area contributed by atoms with Crippen LogP contribution in [-0.4, -0.2) is 10.9 Å². The molecule has 25 heavy (non-hydrogen) atoms. The van der Waals surface area contributed by atoms with E-state index in [0.717, 1.165) is 38.6 Å². The van der Waals surface area contributed by atoms with Gasteiger partial charge in [-0.2, -0.15) is 0 Å². The van der Waals surface area contributed by atoms with Gasteiger partial charge in [0, 0.05) is 10.6 Å². The summed E-state index contributed by atoms with van der Waals surface area (Å²) >= 11 is 0. The van der Waals surface area contributed by atoms with Crippen LogP contribution in [0.3, 0.4) is 0 Å². The minimum absolute atomic E-state index is 0.0505. The lowest BCUT2D eigenvalue weighted by Crippen LogP contribution is -2.26. The fourth-order valence-corrected chi connectivity index (χ4v) is 3.33. The average molecular weight is 328 g/mol. The highest BCUT2D eigenvalue weighted by Gasteiger charge is 2.27. The quantitative estimate of drug-likeness (QED) is 0.746. The van der Waals surface area contributed by atoms with E-state index in [0.29, 0.717) is 0 Å². The first-order valence-corrected chi connectivity index (χ1v) is 8.46. The van der Waals surface area contributed by atoms with E-state index in [1.54, 1.807) is 0 Å². The zero-order chi connectivity index (χ0) is 17.6. The number of fused-ring (bicyclic) bond motifs is 1. The molecule has 4 rings (SSSR count). The van der Waals surface area contributed by atoms with Crippen molar-refractivity contribution in [1.29, 1.82) is 0 Å². The highest BCUT2D eigenvalue weighted by Crippen LogP contribution is 2.23. The molecule has 2 aromatic carbocycles. The molecule has 0 spiro atoms. The molecule has 0 unspecified atom stereocenters. The van der Waals surface area contributed by atoms with Crippen molar-refractivity contribution in [3.63, 3.8) is 0 Å². The van der Waals surface area contributed by atoms with E-state index in [4.69, 9.17) is 0 Å². The lowest BCUT2D eigenvalue weighted by atomic mass is 10.0. The molecule has 3 heteroatoms. The number of H-pyrrole nitrogens is 1. The molecule has 1 aliphatic heterocycles. The fraction of sp³-hybridized carbons (Fsp3) is 0.136. The Balaban J connectivity index is 2.02. The van der Waals surface area contributed by atoms with E-state index in [1.165, 1.54) is 11.1 Å². The number of aromatic nitrogens is 1. The number of nitrogens with one attached hydrogen (secondary N) is 2. The van der Waals surface area contributed by atoms with Gasteiger partial charge < -0.3 is 10.3 Å². The molecule has 3 aromatic rings. The minimum Gasteiger partial charge on any atom is -0.354 e. The maximum absolute atomic E-state index is 12.7. The van der Waals surface area contributed by atoms with Crippen LogP contribution in [0.25, 0.3) is 23.0 Å². The number of aromatic amines is 1. The first-order chi connectivity index (χ1) is 12.1. The Morgan fingerprint density at radius 1 is 0.840 bits per heavy atom. The number of benzene rings is 2. The van der Waals surface area contributed by atoms with Gasteiger partial charge in [-0.3, -0.25) is 4.79 Å². The predicted octanol–water partition coefficient (Wildman–Crippen LogP) is 3.00. The van der Waals surface area contributed by atoms with Crippen LogP contribution < -0.4 is 15.9 Å². The third-order valence-corrected chi connectivity index (χ3v) is 4.71. The van der Waals surface area contributed by atoms with E-state index in [-0.39, 0.29) is 5.91 Å². The van der Waals surface area contributed by atoms with Crippen LogP contribution >= 0.6 is 0 Å². The summed E-state index contributed by atoms with van der Waals surface area (Å²) in [6.45, 7) is 6.11. The summed E-state index contributed by atoms with van der Waals surface area (Å²) in [5, 5.41) is 5.01. The average Bonchev–Trinajstić information content (AvgIpc) is 3.15. The van der Waals surface area contributed by atoms with Gasteiger partial charge in [-0.15, -0.1) is 0 Å². The molecule has 124 valence electrons. The van der Waals surface area contributed by atoms with Gasteiger partial charge >= 0.3 is 0 Å². The standard InChI is InChI=1S/C22H20N2O/c1-4-17-18-19(21(23-17)16-11-7-14(3)8-12-16)22(25)24-20(18)15-9-5-13(2)6-10-15/h4-12,23H,1-3H3,(H,24,25). The Kier molecular flexibility index (Phi) is 3.57. The van der Waals surface area contributed by atoms with E-state index >= 15 is 0 Å². The van der Waals surface area contributed by atoms with Crippen LogP contribution in [-0.2, 0) is 0 Å². The molecule has 0 aliphatic carbocycles. The zero-order valence-electron chi connectivity index (χ0n) is 14.6. The molecule has 0 saturated carbocycles. The molecule has 2 N–H and O–H groups in total. The Labute approximate surface area is 146 Å². The summed E-state index contributed by atoms with van der Waals surface area (Å²) in [6, 6.07) is 16.5. The fourth-order valence-electron chi connectivity index (χ4n) is 3.33. The summed E-state index contributed by atoms with van der Waals surface area (Å²) in [5.41, 5.74) is 6.93. The third kappa shape index (κ3) is 2.49. The second kappa shape index (κ2) is 5.78. The maximum Gasteiger partial charge on any atom is 0.258 e. The van der Waals surface area contributed by atoms with Gasteiger partial charge in [0.25, 0.3) is 5.91 Å². The number of aryl methyl sites for hydroxylation is 2. The first-order valence-electron chi connectivity index (χ1n) is 8.46. The third-order valence-electron chi connectivity index (χ3n) is 4.71. The maximum atomic E-state index is 12.7. The largest absolute Gasteiger partial charge is 0.354 e. The molecule has 2 heterocycles. The summed E-state index contributed by atoms with van der Waals surface area (Å²) in [7, 11) is 0. The van der Waals surface area contributed by atoms with Crippen molar-refractivity contribution in [3.8, 4) is 11.3 Å². The highest BCUT2D eigenvalue weighted by molar-refractivity contribution is 6.09. The predicted molar refractivity (Wildman–Crippen MR) is 102 cm³/mol. The molecule has 0 radical (unpaired) electrons. The van der Waals surface area contributed by atoms with Crippen LogP contribution in [0.5, 0.6) is 0 Å². The summed E-state index contributed by atoms with van der Waals surface area (Å²) < 4.78 is 0. The number of carbonyl (C=O) groups excluding carboxylic acids is 1. The van der Waals surface area contributed by atoms with Crippen molar-refractivity contribution in [2.24, 2.45) is 0 Å². The van der Waals surface area contributed by atoms with E-state index in [1.807, 2.05) is 13.0 Å². The Bertz CT molecular complexity index is 1080. The van der Waals surface area contributed by atoms with Gasteiger partial charge in [0.15, 0.2) is 0 Å². The molecular weight excluding hydrogens is 308 g/mol. The SMILES string of the molecule is CC=c1[nH]c(-c2ccc(C)cc2)c2c1=C(c1ccc(C)cc1)NC2=O. The van der Waals surface area contributed by atoms with Crippen molar-refractivity contribution in [2.75, 3.05) is 0 Å². The monoisotopic (exact) mass is 328 g/mol. The molecule has 0 bridgehead atoms. The molecule has 1 aromatic heterocycles. The van der Waals surface area contributed by atoms with Crippen LogP contribution in [0.15, 0.2) is 48.5 Å². The van der Waals surface area contributed by atoms with Crippen LogP contribution in [0.1, 0.15) is 34.0 Å². The van der Waals surface area contributed by atoms with Crippen molar-refractivity contribution in [3.05, 3.63) is 81.4 Å². The van der Waals surface area contributed by atoms with Gasteiger partial charge in [0.1, 0.15) is 0 Å². The second-order valence-corrected chi connectivity index (χ2v) is 6.51. The van der Waals surface area contributed by atoms with Crippen molar-refractivity contribution >= 4 is 17.7 Å². The topological polar surface area (TPSA) is 44.9 Å². The highest BCUT2D eigenvalue weighted by atomic mass is 16.1. The van der Waals surface area contributed by atoms with Gasteiger partial charge in [0.05, 0.1) is 17.0 Å². The van der Waals surface area contributed by atoms with Crippen LogP contribution in [0, 0.1) is 13.8 Å². The zero-order valence-corrected chi connectivity index (χ0v) is 14.6. The minimum atomic E-state index is -0.0505.